The number of rotatable bonds is 4. The molecule has 2 heteroatoms. The number of hydrogen-bond acceptors (Lipinski definition) is 2. The van der Waals surface area contributed by atoms with Crippen molar-refractivity contribution in [2.75, 3.05) is 19.7 Å². The normalized spacial score (nSPS) is 36.5. The molecule has 2 bridgehead atoms. The van der Waals surface area contributed by atoms with E-state index < -0.39 is 0 Å². The predicted molar refractivity (Wildman–Crippen MR) is 80.3 cm³/mol. The lowest BCUT2D eigenvalue weighted by molar-refractivity contribution is 0.135. The molecule has 1 aliphatic heterocycles. The number of nitrogens with zero attached hydrogens (tertiary/aromatic N) is 1. The zero-order valence-electron chi connectivity index (χ0n) is 11.9. The molecule has 1 heterocycles. The van der Waals surface area contributed by atoms with E-state index in [4.69, 9.17) is 0 Å². The monoisotopic (exact) mass is 269 g/mol. The Morgan fingerprint density at radius 2 is 1.70 bits per heavy atom. The molecule has 3 aliphatic rings. The van der Waals surface area contributed by atoms with Gasteiger partial charge in [0, 0.05) is 19.1 Å². The first-order valence-electron chi connectivity index (χ1n) is 7.92. The van der Waals surface area contributed by atoms with E-state index in [1.54, 1.807) is 0 Å². The molecule has 2 fully saturated rings. The molecule has 1 saturated heterocycles. The largest absolute Gasteiger partial charge is 0.395 e. The fourth-order valence-corrected chi connectivity index (χ4v) is 4.68. The van der Waals surface area contributed by atoms with Gasteiger partial charge in [0.05, 0.1) is 6.61 Å². The molecule has 0 spiro atoms. The van der Waals surface area contributed by atoms with Crippen molar-refractivity contribution in [1.82, 2.24) is 4.90 Å². The lowest BCUT2D eigenvalue weighted by Crippen LogP contribution is -2.39. The Labute approximate surface area is 121 Å². The van der Waals surface area contributed by atoms with Gasteiger partial charge in [0.2, 0.25) is 0 Å². The quantitative estimate of drug-likeness (QED) is 0.848. The van der Waals surface area contributed by atoms with Crippen LogP contribution in [0, 0.1) is 23.7 Å². The van der Waals surface area contributed by atoms with Gasteiger partial charge in [0.15, 0.2) is 0 Å². The molecule has 0 radical (unpaired) electrons. The van der Waals surface area contributed by atoms with Gasteiger partial charge < -0.3 is 5.11 Å². The number of aliphatic hydroxyl groups is 1. The lowest BCUT2D eigenvalue weighted by atomic mass is 9.86. The highest BCUT2D eigenvalue weighted by Gasteiger charge is 2.49. The van der Waals surface area contributed by atoms with Crippen molar-refractivity contribution in [1.29, 1.82) is 0 Å². The molecule has 1 saturated carbocycles. The SMILES string of the molecule is OCC(Cc1ccccc1)N1CC2C3C=CC(C3)C2C1. The Bertz CT molecular complexity index is 477. The smallest absolute Gasteiger partial charge is 0.0590 e. The molecule has 1 aromatic rings. The van der Waals surface area contributed by atoms with Crippen LogP contribution in [-0.2, 0) is 6.42 Å². The molecular weight excluding hydrogens is 246 g/mol. The summed E-state index contributed by atoms with van der Waals surface area (Å²) in [7, 11) is 0. The number of allylic oxidation sites excluding steroid dienone is 2. The van der Waals surface area contributed by atoms with Crippen molar-refractivity contribution in [3.05, 3.63) is 48.0 Å². The van der Waals surface area contributed by atoms with E-state index in [9.17, 15) is 5.11 Å². The second-order valence-corrected chi connectivity index (χ2v) is 6.76. The number of fused-ring (bicyclic) bond motifs is 5. The number of hydrogen-bond donors (Lipinski definition) is 1. The van der Waals surface area contributed by atoms with Crippen LogP contribution in [-0.4, -0.2) is 35.7 Å². The fourth-order valence-electron chi connectivity index (χ4n) is 4.68. The first-order valence-corrected chi connectivity index (χ1v) is 7.92. The predicted octanol–water partition coefficient (Wildman–Crippen LogP) is 2.34. The van der Waals surface area contributed by atoms with Gasteiger partial charge >= 0.3 is 0 Å². The second kappa shape index (κ2) is 5.01. The maximum Gasteiger partial charge on any atom is 0.0590 e. The summed E-state index contributed by atoms with van der Waals surface area (Å²) >= 11 is 0. The van der Waals surface area contributed by atoms with E-state index in [0.717, 1.165) is 30.1 Å². The zero-order valence-corrected chi connectivity index (χ0v) is 11.9. The maximum absolute atomic E-state index is 9.80. The minimum Gasteiger partial charge on any atom is -0.395 e. The number of aliphatic hydroxyl groups excluding tert-OH is 1. The van der Waals surface area contributed by atoms with E-state index in [-0.39, 0.29) is 6.61 Å². The maximum atomic E-state index is 9.80. The van der Waals surface area contributed by atoms with Crippen molar-refractivity contribution in [3.8, 4) is 0 Å². The molecule has 20 heavy (non-hydrogen) atoms. The summed E-state index contributed by atoms with van der Waals surface area (Å²) in [5, 5.41) is 9.80. The average molecular weight is 269 g/mol. The highest BCUT2D eigenvalue weighted by Crippen LogP contribution is 2.51. The molecule has 1 aromatic carbocycles. The van der Waals surface area contributed by atoms with Crippen LogP contribution in [0.3, 0.4) is 0 Å². The highest BCUT2D eigenvalue weighted by atomic mass is 16.3. The second-order valence-electron chi connectivity index (χ2n) is 6.76. The van der Waals surface area contributed by atoms with Crippen LogP contribution in [0.15, 0.2) is 42.5 Å². The Morgan fingerprint density at radius 3 is 2.30 bits per heavy atom. The van der Waals surface area contributed by atoms with Gasteiger partial charge in [-0.15, -0.1) is 0 Å². The van der Waals surface area contributed by atoms with E-state index in [2.05, 4.69) is 47.4 Å². The summed E-state index contributed by atoms with van der Waals surface area (Å²) < 4.78 is 0. The average Bonchev–Trinajstić information content (AvgIpc) is 3.17. The summed E-state index contributed by atoms with van der Waals surface area (Å²) in [6, 6.07) is 10.9. The fraction of sp³-hybridized carbons (Fsp3) is 0.556. The molecule has 5 unspecified atom stereocenters. The highest BCUT2D eigenvalue weighted by molar-refractivity contribution is 5.19. The molecule has 0 amide bonds. The Balaban J connectivity index is 1.45. The minimum atomic E-state index is 0.275. The molecule has 0 aromatic heterocycles. The van der Waals surface area contributed by atoms with E-state index >= 15 is 0 Å². The van der Waals surface area contributed by atoms with Crippen LogP contribution >= 0.6 is 0 Å². The molecular formula is C18H23NO. The van der Waals surface area contributed by atoms with Crippen molar-refractivity contribution >= 4 is 0 Å². The van der Waals surface area contributed by atoms with Crippen LogP contribution in [0.5, 0.6) is 0 Å². The first-order chi connectivity index (χ1) is 9.85. The lowest BCUT2D eigenvalue weighted by Gasteiger charge is -2.27. The van der Waals surface area contributed by atoms with E-state index in [1.165, 1.54) is 25.1 Å². The minimum absolute atomic E-state index is 0.275. The summed E-state index contributed by atoms with van der Waals surface area (Å²) in [6.07, 6.45) is 7.26. The number of benzene rings is 1. The van der Waals surface area contributed by atoms with Crippen LogP contribution < -0.4 is 0 Å². The molecule has 4 rings (SSSR count). The van der Waals surface area contributed by atoms with Gasteiger partial charge in [0.1, 0.15) is 0 Å². The summed E-state index contributed by atoms with van der Waals surface area (Å²) in [5.74, 6) is 3.36. The standard InChI is InChI=1S/C18H23NO/c20-12-16(8-13-4-2-1-3-5-13)19-10-17-14-6-7-15(9-14)18(17)11-19/h1-7,14-18,20H,8-12H2. The van der Waals surface area contributed by atoms with E-state index in [0.29, 0.717) is 6.04 Å². The third kappa shape index (κ3) is 2.02. The Kier molecular flexibility index (Phi) is 3.16. The van der Waals surface area contributed by atoms with Crippen LogP contribution in [0.4, 0.5) is 0 Å². The molecule has 5 atom stereocenters. The molecule has 1 N–H and O–H groups in total. The summed E-state index contributed by atoms with van der Waals surface area (Å²) in [5.41, 5.74) is 1.34. The van der Waals surface area contributed by atoms with Crippen LogP contribution in [0.25, 0.3) is 0 Å². The third-order valence-corrected chi connectivity index (χ3v) is 5.73. The molecule has 106 valence electrons. The first kappa shape index (κ1) is 12.6. The zero-order chi connectivity index (χ0) is 13.5. The van der Waals surface area contributed by atoms with Crippen molar-refractivity contribution in [2.24, 2.45) is 23.7 Å². The van der Waals surface area contributed by atoms with Crippen molar-refractivity contribution in [3.63, 3.8) is 0 Å². The summed E-state index contributed by atoms with van der Waals surface area (Å²) in [6.45, 7) is 2.65. The molecule has 2 aliphatic carbocycles. The van der Waals surface area contributed by atoms with Gasteiger partial charge in [-0.1, -0.05) is 42.5 Å². The number of likely N-dealkylation sites (tertiary alicyclic amines) is 1. The molecule has 2 nitrogen and oxygen atoms in total. The van der Waals surface area contributed by atoms with Gasteiger partial charge in [-0.2, -0.15) is 0 Å². The summed E-state index contributed by atoms with van der Waals surface area (Å²) in [4.78, 5) is 2.55. The van der Waals surface area contributed by atoms with Gasteiger partial charge in [-0.25, -0.2) is 0 Å². The van der Waals surface area contributed by atoms with Crippen LogP contribution in [0.2, 0.25) is 0 Å². The van der Waals surface area contributed by atoms with Gasteiger partial charge in [-0.05, 0) is 42.1 Å². The third-order valence-electron chi connectivity index (χ3n) is 5.73. The van der Waals surface area contributed by atoms with E-state index in [1.807, 2.05) is 0 Å². The van der Waals surface area contributed by atoms with Crippen LogP contribution in [0.1, 0.15) is 12.0 Å². The Morgan fingerprint density at radius 1 is 1.05 bits per heavy atom. The topological polar surface area (TPSA) is 23.5 Å². The van der Waals surface area contributed by atoms with Crippen molar-refractivity contribution < 1.29 is 5.11 Å². The Hall–Kier alpha value is -1.12. The van der Waals surface area contributed by atoms with Gasteiger partial charge in [-0.3, -0.25) is 4.90 Å². The van der Waals surface area contributed by atoms with Gasteiger partial charge in [0.25, 0.3) is 0 Å². The van der Waals surface area contributed by atoms with Crippen molar-refractivity contribution in [2.45, 2.75) is 18.9 Å².